The summed E-state index contributed by atoms with van der Waals surface area (Å²) in [7, 11) is 0. The second kappa shape index (κ2) is 17.7. The summed E-state index contributed by atoms with van der Waals surface area (Å²) < 4.78 is 0. The van der Waals surface area contributed by atoms with Crippen molar-refractivity contribution in [1.82, 2.24) is 0 Å². The van der Waals surface area contributed by atoms with Gasteiger partial charge in [-0.05, 0) is 19.3 Å². The minimum Gasteiger partial charge on any atom is -0.0885 e. The Labute approximate surface area is 123 Å². The van der Waals surface area contributed by atoms with E-state index >= 15 is 0 Å². The van der Waals surface area contributed by atoms with E-state index in [1.165, 1.54) is 96.3 Å². The summed E-state index contributed by atoms with van der Waals surface area (Å²) in [6.07, 6.45) is 25.9. The molecule has 0 fully saturated rings. The minimum absolute atomic E-state index is 1.29. The first-order valence-electron chi connectivity index (χ1n) is 9.06. The molecule has 0 atom stereocenters. The van der Waals surface area contributed by atoms with Gasteiger partial charge in [0.2, 0.25) is 0 Å². The fourth-order valence-corrected chi connectivity index (χ4v) is 2.48. The van der Waals surface area contributed by atoms with Gasteiger partial charge in [-0.1, -0.05) is 103 Å². The van der Waals surface area contributed by atoms with Crippen LogP contribution in [0.25, 0.3) is 0 Å². The topological polar surface area (TPSA) is 0 Å². The third kappa shape index (κ3) is 17.7. The van der Waals surface area contributed by atoms with E-state index in [1.807, 2.05) is 0 Å². The first-order chi connectivity index (χ1) is 9.41. The molecule has 0 aromatic carbocycles. The van der Waals surface area contributed by atoms with Crippen molar-refractivity contribution >= 4 is 0 Å². The summed E-state index contributed by atoms with van der Waals surface area (Å²) in [5.74, 6) is 0. The molecule has 0 aliphatic heterocycles. The molecule has 0 rings (SSSR count). The van der Waals surface area contributed by atoms with Crippen LogP contribution < -0.4 is 0 Å². The second-order valence-corrected chi connectivity index (χ2v) is 5.94. The van der Waals surface area contributed by atoms with Gasteiger partial charge >= 0.3 is 0 Å². The van der Waals surface area contributed by atoms with E-state index in [2.05, 4.69) is 26.0 Å². The molecule has 0 saturated carbocycles. The monoisotopic (exact) mass is 266 g/mol. The maximum Gasteiger partial charge on any atom is -0.0351 e. The van der Waals surface area contributed by atoms with E-state index in [0.29, 0.717) is 0 Å². The molecule has 0 aromatic rings. The lowest BCUT2D eigenvalue weighted by Crippen LogP contribution is -1.82. The van der Waals surface area contributed by atoms with Gasteiger partial charge in [-0.2, -0.15) is 0 Å². The molecule has 0 saturated heterocycles. The highest BCUT2D eigenvalue weighted by Crippen LogP contribution is 2.12. The SMILES string of the molecule is CCCC/C=C\CCCCCCCCCCCCC. The van der Waals surface area contributed by atoms with E-state index in [-0.39, 0.29) is 0 Å². The van der Waals surface area contributed by atoms with Crippen LogP contribution in [-0.2, 0) is 0 Å². The lowest BCUT2D eigenvalue weighted by atomic mass is 10.1. The molecule has 0 spiro atoms. The van der Waals surface area contributed by atoms with Crippen molar-refractivity contribution < 1.29 is 0 Å². The number of rotatable bonds is 15. The van der Waals surface area contributed by atoms with E-state index in [4.69, 9.17) is 0 Å². The Bertz CT molecular complexity index is 169. The van der Waals surface area contributed by atoms with Crippen LogP contribution in [0.3, 0.4) is 0 Å². The van der Waals surface area contributed by atoms with Gasteiger partial charge in [0, 0.05) is 0 Å². The van der Waals surface area contributed by atoms with Crippen molar-refractivity contribution in [2.75, 3.05) is 0 Å². The number of hydrogen-bond donors (Lipinski definition) is 0. The molecule has 0 nitrogen and oxygen atoms in total. The summed E-state index contributed by atoms with van der Waals surface area (Å²) in [4.78, 5) is 0. The molecule has 0 aromatic heterocycles. The van der Waals surface area contributed by atoms with Crippen LogP contribution in [0.4, 0.5) is 0 Å². The first-order valence-corrected chi connectivity index (χ1v) is 9.06. The minimum atomic E-state index is 1.29. The Morgan fingerprint density at radius 1 is 0.421 bits per heavy atom. The van der Waals surface area contributed by atoms with Crippen LogP contribution in [0.5, 0.6) is 0 Å². The van der Waals surface area contributed by atoms with Gasteiger partial charge in [0.1, 0.15) is 0 Å². The number of hydrogen-bond acceptors (Lipinski definition) is 0. The molecule has 0 unspecified atom stereocenters. The second-order valence-electron chi connectivity index (χ2n) is 5.94. The zero-order valence-corrected chi connectivity index (χ0v) is 13.8. The van der Waals surface area contributed by atoms with Gasteiger partial charge in [-0.25, -0.2) is 0 Å². The average Bonchev–Trinajstić information content (AvgIpc) is 2.43. The van der Waals surface area contributed by atoms with Crippen LogP contribution in [0.1, 0.15) is 110 Å². The summed E-state index contributed by atoms with van der Waals surface area (Å²) in [5.41, 5.74) is 0. The lowest BCUT2D eigenvalue weighted by Gasteiger charge is -2.01. The number of unbranched alkanes of at least 4 members (excludes halogenated alkanes) is 13. The van der Waals surface area contributed by atoms with Crippen molar-refractivity contribution in [3.05, 3.63) is 12.2 Å². The van der Waals surface area contributed by atoms with Crippen molar-refractivity contribution in [1.29, 1.82) is 0 Å². The maximum absolute atomic E-state index is 2.39. The fraction of sp³-hybridized carbons (Fsp3) is 0.895. The van der Waals surface area contributed by atoms with Crippen molar-refractivity contribution in [3.8, 4) is 0 Å². The predicted molar refractivity (Wildman–Crippen MR) is 89.7 cm³/mol. The van der Waals surface area contributed by atoms with E-state index in [0.717, 1.165) is 0 Å². The lowest BCUT2D eigenvalue weighted by molar-refractivity contribution is 0.550. The average molecular weight is 267 g/mol. The van der Waals surface area contributed by atoms with Crippen LogP contribution in [0.2, 0.25) is 0 Å². The van der Waals surface area contributed by atoms with Crippen LogP contribution in [0, 0.1) is 0 Å². The predicted octanol–water partition coefficient (Wildman–Crippen LogP) is 7.43. The van der Waals surface area contributed by atoms with Gasteiger partial charge in [0.05, 0.1) is 0 Å². The summed E-state index contributed by atoms with van der Waals surface area (Å²) >= 11 is 0. The summed E-state index contributed by atoms with van der Waals surface area (Å²) in [6.45, 7) is 4.55. The van der Waals surface area contributed by atoms with Crippen molar-refractivity contribution in [2.45, 2.75) is 110 Å². The molecule has 19 heavy (non-hydrogen) atoms. The Balaban J connectivity index is 2.97. The van der Waals surface area contributed by atoms with Gasteiger partial charge in [-0.3, -0.25) is 0 Å². The molecule has 0 heteroatoms. The molecular weight excluding hydrogens is 228 g/mol. The third-order valence-corrected chi connectivity index (χ3v) is 3.87. The van der Waals surface area contributed by atoms with E-state index in [9.17, 15) is 0 Å². The van der Waals surface area contributed by atoms with Gasteiger partial charge < -0.3 is 0 Å². The molecule has 0 amide bonds. The molecule has 0 aliphatic carbocycles. The molecule has 0 N–H and O–H groups in total. The zero-order valence-electron chi connectivity index (χ0n) is 13.8. The molecule has 0 bridgehead atoms. The largest absolute Gasteiger partial charge is 0.0885 e. The van der Waals surface area contributed by atoms with Gasteiger partial charge in [0.25, 0.3) is 0 Å². The Morgan fingerprint density at radius 3 is 1.26 bits per heavy atom. The van der Waals surface area contributed by atoms with Crippen LogP contribution >= 0.6 is 0 Å². The molecule has 0 aliphatic rings. The number of allylic oxidation sites excluding steroid dienone is 2. The Morgan fingerprint density at radius 2 is 0.789 bits per heavy atom. The Hall–Kier alpha value is -0.260. The van der Waals surface area contributed by atoms with Crippen molar-refractivity contribution in [2.24, 2.45) is 0 Å². The molecular formula is C19H38. The fourth-order valence-electron chi connectivity index (χ4n) is 2.48. The molecule has 114 valence electrons. The normalized spacial score (nSPS) is 11.5. The first kappa shape index (κ1) is 18.7. The smallest absolute Gasteiger partial charge is 0.0351 e. The highest BCUT2D eigenvalue weighted by atomic mass is 14.0. The Kier molecular flexibility index (Phi) is 17.5. The third-order valence-electron chi connectivity index (χ3n) is 3.87. The highest BCUT2D eigenvalue weighted by Gasteiger charge is 1.92. The van der Waals surface area contributed by atoms with Gasteiger partial charge in [0.15, 0.2) is 0 Å². The molecule has 0 radical (unpaired) electrons. The summed E-state index contributed by atoms with van der Waals surface area (Å²) in [5, 5.41) is 0. The van der Waals surface area contributed by atoms with E-state index < -0.39 is 0 Å². The van der Waals surface area contributed by atoms with Crippen molar-refractivity contribution in [3.63, 3.8) is 0 Å². The highest BCUT2D eigenvalue weighted by molar-refractivity contribution is 4.81. The van der Waals surface area contributed by atoms with E-state index in [1.54, 1.807) is 0 Å². The van der Waals surface area contributed by atoms with Crippen LogP contribution in [0.15, 0.2) is 12.2 Å². The van der Waals surface area contributed by atoms with Gasteiger partial charge in [-0.15, -0.1) is 0 Å². The quantitative estimate of drug-likeness (QED) is 0.213. The maximum atomic E-state index is 2.39. The van der Waals surface area contributed by atoms with Crippen LogP contribution in [-0.4, -0.2) is 0 Å². The zero-order chi connectivity index (χ0) is 14.0. The standard InChI is InChI=1S/C19H38/c1-3-5-7-9-11-13-15-17-19-18-16-14-12-10-8-6-4-2/h9,11H,3-8,10,12-19H2,1-2H3/b11-9-. The summed E-state index contributed by atoms with van der Waals surface area (Å²) in [6, 6.07) is 0. The molecule has 0 heterocycles.